The van der Waals surface area contributed by atoms with Crippen LogP contribution in [0, 0.1) is 22.7 Å². The summed E-state index contributed by atoms with van der Waals surface area (Å²) in [5.41, 5.74) is 7.51. The summed E-state index contributed by atoms with van der Waals surface area (Å²) in [5.74, 6) is 0. The van der Waals surface area contributed by atoms with Gasteiger partial charge in [-0.1, -0.05) is 98.6 Å². The van der Waals surface area contributed by atoms with Crippen LogP contribution in [0.5, 0.6) is 0 Å². The van der Waals surface area contributed by atoms with Crippen molar-refractivity contribution in [2.75, 3.05) is 0 Å². The molecule has 4 aromatic carbocycles. The van der Waals surface area contributed by atoms with Crippen LogP contribution in [-0.2, 0) is 6.42 Å². The van der Waals surface area contributed by atoms with Crippen LogP contribution in [0.2, 0.25) is 0 Å². The van der Waals surface area contributed by atoms with Crippen molar-refractivity contribution in [2.24, 2.45) is 0 Å². The molecular formula is C31H28N2. The van der Waals surface area contributed by atoms with E-state index in [1.165, 1.54) is 47.9 Å². The third-order valence-corrected chi connectivity index (χ3v) is 5.49. The fourth-order valence-corrected chi connectivity index (χ4v) is 3.55. The summed E-state index contributed by atoms with van der Waals surface area (Å²) in [6, 6.07) is 38.5. The molecule has 0 spiro atoms. The van der Waals surface area contributed by atoms with Gasteiger partial charge in [0.1, 0.15) is 0 Å². The molecule has 0 amide bonds. The SMILES string of the molecule is CCCCCc1ccc(-c2ccc(C#N)cc2)cc1.N#Cc1ccc(-c2ccccc2)cc1. The number of benzene rings is 4. The summed E-state index contributed by atoms with van der Waals surface area (Å²) in [6.07, 6.45) is 5.01. The Morgan fingerprint density at radius 1 is 0.515 bits per heavy atom. The highest BCUT2D eigenvalue weighted by Gasteiger charge is 1.99. The molecule has 162 valence electrons. The Hall–Kier alpha value is -4.14. The van der Waals surface area contributed by atoms with Crippen molar-refractivity contribution in [3.05, 3.63) is 120 Å². The molecule has 4 aromatic rings. The number of hydrogen-bond donors (Lipinski definition) is 0. The maximum absolute atomic E-state index is 8.79. The molecule has 4 rings (SSSR count). The Kier molecular flexibility index (Phi) is 9.02. The van der Waals surface area contributed by atoms with Gasteiger partial charge in [-0.05, 0) is 64.9 Å². The first-order valence-corrected chi connectivity index (χ1v) is 11.4. The van der Waals surface area contributed by atoms with Gasteiger partial charge in [0.25, 0.3) is 0 Å². The molecule has 0 saturated heterocycles. The largest absolute Gasteiger partial charge is 0.192 e. The molecule has 33 heavy (non-hydrogen) atoms. The Balaban J connectivity index is 0.000000194. The van der Waals surface area contributed by atoms with Gasteiger partial charge in [0.05, 0.1) is 23.3 Å². The Morgan fingerprint density at radius 2 is 0.939 bits per heavy atom. The van der Waals surface area contributed by atoms with Gasteiger partial charge >= 0.3 is 0 Å². The summed E-state index contributed by atoms with van der Waals surface area (Å²) < 4.78 is 0. The first-order valence-electron chi connectivity index (χ1n) is 11.4. The van der Waals surface area contributed by atoms with Crippen molar-refractivity contribution in [3.8, 4) is 34.4 Å². The van der Waals surface area contributed by atoms with E-state index in [2.05, 4.69) is 55.5 Å². The predicted octanol–water partition coefficient (Wildman–Crippen LogP) is 8.18. The van der Waals surface area contributed by atoms with E-state index in [0.29, 0.717) is 11.1 Å². The maximum Gasteiger partial charge on any atom is 0.0991 e. The van der Waals surface area contributed by atoms with Crippen LogP contribution in [0.3, 0.4) is 0 Å². The fourth-order valence-electron chi connectivity index (χ4n) is 3.55. The molecule has 0 aliphatic heterocycles. The highest BCUT2D eigenvalue weighted by atomic mass is 14.2. The first-order chi connectivity index (χ1) is 16.2. The van der Waals surface area contributed by atoms with E-state index in [1.807, 2.05) is 66.7 Å². The third-order valence-electron chi connectivity index (χ3n) is 5.49. The summed E-state index contributed by atoms with van der Waals surface area (Å²) in [5, 5.41) is 17.4. The van der Waals surface area contributed by atoms with Crippen LogP contribution in [-0.4, -0.2) is 0 Å². The van der Waals surface area contributed by atoms with E-state index in [9.17, 15) is 0 Å². The fraction of sp³-hybridized carbons (Fsp3) is 0.161. The second-order valence-electron chi connectivity index (χ2n) is 7.90. The molecule has 0 aliphatic rings. The van der Waals surface area contributed by atoms with Gasteiger partial charge in [0.2, 0.25) is 0 Å². The molecule has 0 atom stereocenters. The average Bonchev–Trinajstić information content (AvgIpc) is 2.90. The van der Waals surface area contributed by atoms with Crippen molar-refractivity contribution < 1.29 is 0 Å². The van der Waals surface area contributed by atoms with Gasteiger partial charge < -0.3 is 0 Å². The molecular weight excluding hydrogens is 400 g/mol. The third kappa shape index (κ3) is 7.20. The van der Waals surface area contributed by atoms with Gasteiger partial charge in [-0.3, -0.25) is 0 Å². The zero-order chi connectivity index (χ0) is 23.3. The molecule has 0 aromatic heterocycles. The van der Waals surface area contributed by atoms with Gasteiger partial charge in [-0.15, -0.1) is 0 Å². The van der Waals surface area contributed by atoms with Crippen LogP contribution in [0.25, 0.3) is 22.3 Å². The second kappa shape index (κ2) is 12.7. The quantitative estimate of drug-likeness (QED) is 0.291. The predicted molar refractivity (Wildman–Crippen MR) is 136 cm³/mol. The Labute approximate surface area is 197 Å². The summed E-state index contributed by atoms with van der Waals surface area (Å²) in [7, 11) is 0. The number of nitrogens with zero attached hydrogens (tertiary/aromatic N) is 2. The van der Waals surface area contributed by atoms with Crippen LogP contribution in [0.15, 0.2) is 103 Å². The molecule has 0 unspecified atom stereocenters. The monoisotopic (exact) mass is 428 g/mol. The second-order valence-corrected chi connectivity index (χ2v) is 7.90. The number of aryl methyl sites for hydroxylation is 1. The Bertz CT molecular complexity index is 1190. The molecule has 0 radical (unpaired) electrons. The number of rotatable bonds is 6. The van der Waals surface area contributed by atoms with E-state index in [1.54, 1.807) is 0 Å². The highest BCUT2D eigenvalue weighted by molar-refractivity contribution is 5.65. The molecule has 0 fully saturated rings. The van der Waals surface area contributed by atoms with Crippen LogP contribution < -0.4 is 0 Å². The van der Waals surface area contributed by atoms with E-state index >= 15 is 0 Å². The van der Waals surface area contributed by atoms with Crippen molar-refractivity contribution in [1.82, 2.24) is 0 Å². The van der Waals surface area contributed by atoms with E-state index in [4.69, 9.17) is 10.5 Å². The zero-order valence-electron chi connectivity index (χ0n) is 19.0. The van der Waals surface area contributed by atoms with Gasteiger partial charge in [0, 0.05) is 0 Å². The van der Waals surface area contributed by atoms with Crippen LogP contribution in [0.1, 0.15) is 42.9 Å². The average molecular weight is 429 g/mol. The van der Waals surface area contributed by atoms with Crippen LogP contribution in [0.4, 0.5) is 0 Å². The lowest BCUT2D eigenvalue weighted by Crippen LogP contribution is -1.86. The molecule has 0 bridgehead atoms. The minimum absolute atomic E-state index is 0.699. The van der Waals surface area contributed by atoms with E-state index in [0.717, 1.165) is 5.56 Å². The molecule has 0 N–H and O–H groups in total. The molecule has 0 heterocycles. The number of nitriles is 2. The standard InChI is InChI=1S/C18H19N.C13H9N/c1-2-3-4-5-15-6-10-17(11-7-15)18-12-8-16(14-19)9-13-18;14-10-11-6-8-13(9-7-11)12-4-2-1-3-5-12/h6-13H,2-5H2,1H3;1-9H. The summed E-state index contributed by atoms with van der Waals surface area (Å²) in [6.45, 7) is 2.23. The lowest BCUT2D eigenvalue weighted by molar-refractivity contribution is 0.717. The van der Waals surface area contributed by atoms with Gasteiger partial charge in [-0.2, -0.15) is 10.5 Å². The molecule has 0 aliphatic carbocycles. The van der Waals surface area contributed by atoms with Crippen LogP contribution >= 0.6 is 0 Å². The summed E-state index contributed by atoms with van der Waals surface area (Å²) in [4.78, 5) is 0. The normalized spacial score (nSPS) is 9.79. The molecule has 2 nitrogen and oxygen atoms in total. The maximum atomic E-state index is 8.79. The van der Waals surface area contributed by atoms with E-state index < -0.39 is 0 Å². The van der Waals surface area contributed by atoms with Crippen molar-refractivity contribution in [2.45, 2.75) is 32.6 Å². The minimum Gasteiger partial charge on any atom is -0.192 e. The van der Waals surface area contributed by atoms with E-state index in [-0.39, 0.29) is 0 Å². The van der Waals surface area contributed by atoms with Crippen molar-refractivity contribution >= 4 is 0 Å². The molecule has 0 saturated carbocycles. The molecule has 2 heteroatoms. The summed E-state index contributed by atoms with van der Waals surface area (Å²) >= 11 is 0. The first kappa shape index (κ1) is 23.5. The lowest BCUT2D eigenvalue weighted by Gasteiger charge is -2.04. The van der Waals surface area contributed by atoms with Crippen molar-refractivity contribution in [1.29, 1.82) is 10.5 Å². The number of unbranched alkanes of at least 4 members (excludes halogenated alkanes) is 2. The van der Waals surface area contributed by atoms with Gasteiger partial charge in [0.15, 0.2) is 0 Å². The van der Waals surface area contributed by atoms with Crippen molar-refractivity contribution in [3.63, 3.8) is 0 Å². The topological polar surface area (TPSA) is 47.6 Å². The highest BCUT2D eigenvalue weighted by Crippen LogP contribution is 2.21. The Morgan fingerprint density at radius 3 is 1.36 bits per heavy atom. The minimum atomic E-state index is 0.699. The zero-order valence-corrected chi connectivity index (χ0v) is 19.0. The smallest absolute Gasteiger partial charge is 0.0991 e. The lowest BCUT2D eigenvalue weighted by atomic mass is 10.0. The number of hydrogen-bond acceptors (Lipinski definition) is 2. The van der Waals surface area contributed by atoms with Gasteiger partial charge in [-0.25, -0.2) is 0 Å².